The number of nitrogens with zero attached hydrogens (tertiary/aromatic N) is 8. The van der Waals surface area contributed by atoms with Crippen LogP contribution in [0.1, 0.15) is 21.6 Å². The van der Waals surface area contributed by atoms with E-state index in [0.29, 0.717) is 27.6 Å². The Hall–Kier alpha value is -5.90. The number of hydrogen-bond acceptors (Lipinski definition) is 7. The highest BCUT2D eigenvalue weighted by Crippen LogP contribution is 2.29. The molecule has 6 aromatic rings. The summed E-state index contributed by atoms with van der Waals surface area (Å²) in [5, 5.41) is 12.4. The van der Waals surface area contributed by atoms with Crippen molar-refractivity contribution < 1.29 is 22.4 Å². The molecule has 0 spiro atoms. The summed E-state index contributed by atoms with van der Waals surface area (Å²) in [6.45, 7) is -1.27. The Morgan fingerprint density at radius 2 is 1.74 bits per heavy atom. The lowest BCUT2D eigenvalue weighted by molar-refractivity contribution is 0.0949. The number of aromatic amines is 1. The van der Waals surface area contributed by atoms with Crippen LogP contribution in [0.15, 0.2) is 81.6 Å². The molecule has 12 nitrogen and oxygen atoms in total. The smallest absolute Gasteiger partial charge is 0.277 e. The van der Waals surface area contributed by atoms with Gasteiger partial charge in [-0.05, 0) is 30.3 Å². The van der Waals surface area contributed by atoms with E-state index in [-0.39, 0.29) is 22.0 Å². The van der Waals surface area contributed by atoms with E-state index in [9.17, 15) is 31.9 Å². The van der Waals surface area contributed by atoms with Crippen LogP contribution in [-0.2, 0) is 20.1 Å². The molecule has 1 N–H and O–H groups in total. The van der Waals surface area contributed by atoms with E-state index in [4.69, 9.17) is 11.6 Å². The third-order valence-electron chi connectivity index (χ3n) is 6.97. The molecule has 3 aromatic heterocycles. The highest BCUT2D eigenvalue weighted by atomic mass is 35.5. The number of carbonyl (C=O) groups excluding carboxylic acids is 1. The zero-order valence-corrected chi connectivity index (χ0v) is 24.8. The van der Waals surface area contributed by atoms with Crippen LogP contribution in [0.3, 0.4) is 0 Å². The van der Waals surface area contributed by atoms with E-state index >= 15 is 0 Å². The minimum Gasteiger partial charge on any atom is -0.277 e. The predicted molar refractivity (Wildman–Crippen MR) is 161 cm³/mol. The normalized spacial score (nSPS) is 12.1. The molecule has 0 saturated carbocycles. The quantitative estimate of drug-likeness (QED) is 0.157. The van der Waals surface area contributed by atoms with Gasteiger partial charge in [0.15, 0.2) is 11.6 Å². The number of rotatable bonds is 7. The number of H-pyrrole nitrogens is 1. The van der Waals surface area contributed by atoms with Crippen molar-refractivity contribution in [2.75, 3.05) is 0 Å². The first-order valence-corrected chi connectivity index (χ1v) is 14.0. The van der Waals surface area contributed by atoms with Crippen molar-refractivity contribution in [2.24, 2.45) is 12.0 Å². The van der Waals surface area contributed by atoms with Crippen molar-refractivity contribution in [2.45, 2.75) is 13.1 Å². The van der Waals surface area contributed by atoms with E-state index in [0.717, 1.165) is 21.5 Å². The maximum absolute atomic E-state index is 14.7. The van der Waals surface area contributed by atoms with Gasteiger partial charge in [-0.25, -0.2) is 36.7 Å². The second-order valence-corrected chi connectivity index (χ2v) is 10.6. The van der Waals surface area contributed by atoms with Gasteiger partial charge in [0, 0.05) is 41.9 Å². The van der Waals surface area contributed by atoms with Crippen LogP contribution in [0.5, 0.6) is 0 Å². The number of allylic oxidation sites excluding steroid dienone is 1. The molecule has 3 heterocycles. The van der Waals surface area contributed by atoms with Crippen LogP contribution < -0.4 is 17.0 Å². The van der Waals surface area contributed by atoms with E-state index in [1.807, 2.05) is 0 Å². The van der Waals surface area contributed by atoms with Gasteiger partial charge in [-0.3, -0.25) is 19.0 Å². The molecule has 0 saturated heterocycles. The van der Waals surface area contributed by atoms with Crippen LogP contribution in [0.2, 0.25) is 5.02 Å². The lowest BCUT2D eigenvalue weighted by atomic mass is 10.2. The zero-order valence-electron chi connectivity index (χ0n) is 24.0. The number of hydrogen-bond donors (Lipinski definition) is 1. The van der Waals surface area contributed by atoms with Gasteiger partial charge in [-0.1, -0.05) is 35.0 Å². The molecule has 0 aliphatic carbocycles. The van der Waals surface area contributed by atoms with Gasteiger partial charge < -0.3 is 0 Å². The molecule has 0 bridgehead atoms. The van der Waals surface area contributed by atoms with E-state index < -0.39 is 64.8 Å². The highest BCUT2D eigenvalue weighted by molar-refractivity contribution is 6.33. The average Bonchev–Trinajstić information content (AvgIpc) is 3.64. The zero-order chi connectivity index (χ0) is 33.4. The molecule has 0 atom stereocenters. The average molecular weight is 666 g/mol. The van der Waals surface area contributed by atoms with Gasteiger partial charge in [-0.2, -0.15) is 9.78 Å². The van der Waals surface area contributed by atoms with Crippen molar-refractivity contribution in [3.63, 3.8) is 0 Å². The fourth-order valence-corrected chi connectivity index (χ4v) is 4.89. The molecule has 3 aromatic carbocycles. The van der Waals surface area contributed by atoms with Gasteiger partial charge >= 0.3 is 11.4 Å². The Bertz CT molecular complexity index is 2420. The first-order valence-electron chi connectivity index (χ1n) is 13.6. The number of carbonyl (C=O) groups is 1. The molecule has 0 amide bonds. The molecule has 0 aliphatic heterocycles. The van der Waals surface area contributed by atoms with Crippen molar-refractivity contribution in [1.29, 1.82) is 0 Å². The molecule has 0 aliphatic rings. The van der Waals surface area contributed by atoms with Crippen LogP contribution in [0, 0.1) is 23.3 Å². The largest absolute Gasteiger partial charge is 0.335 e. The Morgan fingerprint density at radius 1 is 0.979 bits per heavy atom. The SMILES string of the molecule is Cn1cc2cc(/N=c3\[nH]c(=O)n(Cc4cnnn4C(=O)/C=C/c4ccccc4F)c(=O)n3Cc3cc(F)c(F)cc3F)c(Cl)cc2n1. The Kier molecular flexibility index (Phi) is 8.25. The summed E-state index contributed by atoms with van der Waals surface area (Å²) in [5.41, 5.74) is -2.16. The Balaban J connectivity index is 1.45. The molecule has 0 fully saturated rings. The summed E-state index contributed by atoms with van der Waals surface area (Å²) in [7, 11) is 1.70. The summed E-state index contributed by atoms with van der Waals surface area (Å²) in [5.74, 6) is -5.31. The number of halogens is 5. The predicted octanol–water partition coefficient (Wildman–Crippen LogP) is 3.71. The van der Waals surface area contributed by atoms with E-state index in [2.05, 4.69) is 25.4 Å². The molecule has 0 unspecified atom stereocenters. The van der Waals surface area contributed by atoms with Crippen molar-refractivity contribution in [1.82, 2.24) is 38.9 Å². The number of aromatic nitrogens is 8. The first-order chi connectivity index (χ1) is 22.5. The fourth-order valence-electron chi connectivity index (χ4n) is 4.69. The number of benzene rings is 3. The van der Waals surface area contributed by atoms with Crippen LogP contribution in [-0.4, -0.2) is 44.8 Å². The summed E-state index contributed by atoms with van der Waals surface area (Å²) < 4.78 is 60.3. The molecule has 47 heavy (non-hydrogen) atoms. The summed E-state index contributed by atoms with van der Waals surface area (Å²) in [6.07, 6.45) is 5.05. The van der Waals surface area contributed by atoms with Crippen molar-refractivity contribution in [3.05, 3.63) is 139 Å². The summed E-state index contributed by atoms with van der Waals surface area (Å²) >= 11 is 6.41. The molecule has 0 radical (unpaired) electrons. The lowest BCUT2D eigenvalue weighted by Gasteiger charge is -2.12. The maximum atomic E-state index is 14.7. The van der Waals surface area contributed by atoms with E-state index in [1.54, 1.807) is 30.1 Å². The third kappa shape index (κ3) is 6.30. The van der Waals surface area contributed by atoms with Gasteiger partial charge in [0.25, 0.3) is 5.91 Å². The van der Waals surface area contributed by atoms with Crippen LogP contribution in [0.25, 0.3) is 17.0 Å². The standard InChI is InChI=1S/C30H20ClF4N9O3/c1-41-13-18-9-26(20(31)10-25(18)39-41)37-28-38-29(46)43(30(47)42(28)14-17-8-23(34)24(35)11-22(17)33)15-19-12-36-40-44(19)27(45)7-6-16-4-2-3-5-21(16)32/h2-13H,14-15H2,1H3,(H,37,38,46)/b7-6+. The number of aryl methyl sites for hydroxylation is 1. The monoisotopic (exact) mass is 665 g/mol. The lowest BCUT2D eigenvalue weighted by Crippen LogP contribution is -2.50. The second kappa shape index (κ2) is 12.5. The number of fused-ring (bicyclic) bond motifs is 1. The molecule has 17 heteroatoms. The topological polar surface area (TPSA) is 138 Å². The summed E-state index contributed by atoms with van der Waals surface area (Å²) in [4.78, 5) is 46.8. The fraction of sp³-hybridized carbons (Fsp3) is 0.100. The Labute approximate surface area is 265 Å². The van der Waals surface area contributed by atoms with Gasteiger partial charge in [0.1, 0.15) is 11.6 Å². The highest BCUT2D eigenvalue weighted by Gasteiger charge is 2.18. The molecular formula is C30H20ClF4N9O3. The first kappa shape index (κ1) is 31.1. The minimum absolute atomic E-state index is 0.0268. The minimum atomic E-state index is -1.44. The molecule has 6 rings (SSSR count). The maximum Gasteiger partial charge on any atom is 0.335 e. The Morgan fingerprint density at radius 3 is 2.53 bits per heavy atom. The number of nitrogens with one attached hydrogen (secondary N) is 1. The van der Waals surface area contributed by atoms with Crippen LogP contribution in [0.4, 0.5) is 23.2 Å². The van der Waals surface area contributed by atoms with Crippen molar-refractivity contribution >= 4 is 40.2 Å². The molecular weight excluding hydrogens is 646 g/mol. The van der Waals surface area contributed by atoms with Crippen LogP contribution >= 0.6 is 11.6 Å². The van der Waals surface area contributed by atoms with Gasteiger partial charge in [0.2, 0.25) is 5.62 Å². The van der Waals surface area contributed by atoms with E-state index in [1.165, 1.54) is 30.3 Å². The molecule has 238 valence electrons. The van der Waals surface area contributed by atoms with Gasteiger partial charge in [-0.15, -0.1) is 5.10 Å². The summed E-state index contributed by atoms with van der Waals surface area (Å²) in [6, 6.07) is 9.68. The van der Waals surface area contributed by atoms with Gasteiger partial charge in [0.05, 0.1) is 41.2 Å². The third-order valence-corrected chi connectivity index (χ3v) is 7.28. The second-order valence-electron chi connectivity index (χ2n) is 10.2. The van der Waals surface area contributed by atoms with Crippen molar-refractivity contribution in [3.8, 4) is 0 Å².